The van der Waals surface area contributed by atoms with E-state index in [0.717, 1.165) is 11.0 Å². The second-order valence-electron chi connectivity index (χ2n) is 8.59. The maximum Gasteiger partial charge on any atom is 0.343 e. The van der Waals surface area contributed by atoms with E-state index >= 15 is 0 Å². The number of hydrogen-bond donors (Lipinski definition) is 0. The summed E-state index contributed by atoms with van der Waals surface area (Å²) in [5, 5.41) is 0. The number of nitrogens with zero attached hydrogens (tertiary/aromatic N) is 1. The Kier molecular flexibility index (Phi) is 9.40. The van der Waals surface area contributed by atoms with E-state index in [9.17, 15) is 24.0 Å². The number of imide groups is 1. The smallest absolute Gasteiger partial charge is 0.343 e. The minimum absolute atomic E-state index is 0.220. The Labute approximate surface area is 235 Å². The van der Waals surface area contributed by atoms with Crippen LogP contribution in [0, 0.1) is 0 Å². The second kappa shape index (κ2) is 13.5. The first-order valence-corrected chi connectivity index (χ1v) is 12.6. The van der Waals surface area contributed by atoms with Crippen molar-refractivity contribution in [3.8, 4) is 17.2 Å². The van der Waals surface area contributed by atoms with Gasteiger partial charge in [-0.05, 0) is 85.6 Å². The van der Waals surface area contributed by atoms with Crippen LogP contribution in [-0.4, -0.2) is 42.9 Å². The average Bonchev–Trinajstić information content (AvgIpc) is 3.33. The number of carbonyl (C=O) groups excluding carboxylic acids is 5. The van der Waals surface area contributed by atoms with Crippen LogP contribution in [0.15, 0.2) is 97.6 Å². The fraction of sp³-hybridized carbons (Fsp3) is 0.129. The molecule has 2 amide bonds. The molecule has 3 aromatic carbocycles. The van der Waals surface area contributed by atoms with Gasteiger partial charge in [-0.1, -0.05) is 6.58 Å². The van der Waals surface area contributed by atoms with Crippen LogP contribution in [0.25, 0.3) is 0 Å². The first kappa shape index (κ1) is 28.5. The zero-order valence-corrected chi connectivity index (χ0v) is 21.8. The number of ether oxygens (including phenoxy) is 4. The molecule has 1 aliphatic rings. The Morgan fingerprint density at radius 2 is 1.12 bits per heavy atom. The number of anilines is 1. The van der Waals surface area contributed by atoms with Crippen LogP contribution in [0.3, 0.4) is 0 Å². The third kappa shape index (κ3) is 7.76. The van der Waals surface area contributed by atoms with E-state index in [0.29, 0.717) is 43.1 Å². The molecule has 0 radical (unpaired) electrons. The van der Waals surface area contributed by atoms with E-state index in [1.54, 1.807) is 24.3 Å². The van der Waals surface area contributed by atoms with Gasteiger partial charge in [0.1, 0.15) is 17.2 Å². The maximum absolute atomic E-state index is 12.5. The van der Waals surface area contributed by atoms with Crippen LogP contribution in [0.5, 0.6) is 17.2 Å². The quantitative estimate of drug-likeness (QED) is 0.105. The number of benzene rings is 3. The summed E-state index contributed by atoms with van der Waals surface area (Å²) < 4.78 is 21.3. The molecule has 208 valence electrons. The van der Waals surface area contributed by atoms with Gasteiger partial charge in [-0.2, -0.15) is 0 Å². The number of esters is 3. The number of hydrogen-bond acceptors (Lipinski definition) is 9. The predicted octanol–water partition coefficient (Wildman–Crippen LogP) is 4.44. The Hall–Kier alpha value is -5.51. The van der Waals surface area contributed by atoms with Crippen LogP contribution in [0.1, 0.15) is 33.6 Å². The standard InChI is InChI=1S/C31H25NO9/c1-2-29(35)39-20-4-3-19-38-24-11-7-22(8-12-24)31(37)41-26-15-13-25(14-16-26)40-30(36)21-5-9-23(10-6-21)32-27(33)17-18-28(32)34/h2,5-18H,1,3-4,19-20H2. The normalized spacial score (nSPS) is 12.1. The number of carbonyl (C=O) groups is 5. The van der Waals surface area contributed by atoms with Gasteiger partial charge in [-0.15, -0.1) is 0 Å². The van der Waals surface area contributed by atoms with Gasteiger partial charge in [0.2, 0.25) is 0 Å². The van der Waals surface area contributed by atoms with Crippen molar-refractivity contribution in [2.24, 2.45) is 0 Å². The fourth-order valence-electron chi connectivity index (χ4n) is 3.62. The highest BCUT2D eigenvalue weighted by molar-refractivity contribution is 6.28. The molecule has 0 bridgehead atoms. The molecule has 41 heavy (non-hydrogen) atoms. The van der Waals surface area contributed by atoms with E-state index in [1.165, 1.54) is 60.7 Å². The lowest BCUT2D eigenvalue weighted by Crippen LogP contribution is -2.29. The van der Waals surface area contributed by atoms with Crippen LogP contribution in [0.2, 0.25) is 0 Å². The van der Waals surface area contributed by atoms with Crippen LogP contribution < -0.4 is 19.1 Å². The molecule has 0 atom stereocenters. The molecule has 0 saturated carbocycles. The lowest BCUT2D eigenvalue weighted by Gasteiger charge is -2.14. The highest BCUT2D eigenvalue weighted by atomic mass is 16.5. The van der Waals surface area contributed by atoms with Gasteiger partial charge in [0.25, 0.3) is 11.8 Å². The fourth-order valence-corrected chi connectivity index (χ4v) is 3.62. The van der Waals surface area contributed by atoms with Crippen molar-refractivity contribution in [2.75, 3.05) is 18.1 Å². The van der Waals surface area contributed by atoms with E-state index in [4.69, 9.17) is 18.9 Å². The van der Waals surface area contributed by atoms with Crippen molar-refractivity contribution in [3.05, 3.63) is 109 Å². The van der Waals surface area contributed by atoms with Crippen molar-refractivity contribution in [2.45, 2.75) is 12.8 Å². The lowest BCUT2D eigenvalue weighted by atomic mass is 10.2. The predicted molar refractivity (Wildman–Crippen MR) is 147 cm³/mol. The molecule has 0 aliphatic carbocycles. The molecule has 0 aromatic heterocycles. The zero-order valence-electron chi connectivity index (χ0n) is 21.8. The minimum atomic E-state index is -0.642. The molecule has 0 spiro atoms. The Morgan fingerprint density at radius 3 is 1.63 bits per heavy atom. The number of rotatable bonds is 12. The molecular weight excluding hydrogens is 530 g/mol. The number of unbranched alkanes of at least 4 members (excludes halogenated alkanes) is 1. The SMILES string of the molecule is C=CC(=O)OCCCCOc1ccc(C(=O)Oc2ccc(OC(=O)c3ccc(N4C(=O)C=CC4=O)cc3)cc2)cc1. The van der Waals surface area contributed by atoms with Crippen molar-refractivity contribution >= 4 is 35.4 Å². The van der Waals surface area contributed by atoms with E-state index < -0.39 is 29.7 Å². The Balaban J connectivity index is 1.22. The van der Waals surface area contributed by atoms with Crippen molar-refractivity contribution in [1.82, 2.24) is 0 Å². The van der Waals surface area contributed by atoms with Crippen LogP contribution in [0.4, 0.5) is 5.69 Å². The second-order valence-corrected chi connectivity index (χ2v) is 8.59. The Bertz CT molecular complexity index is 1460. The first-order chi connectivity index (χ1) is 19.8. The third-order valence-electron chi connectivity index (χ3n) is 5.72. The summed E-state index contributed by atoms with van der Waals surface area (Å²) in [6.07, 6.45) is 4.81. The van der Waals surface area contributed by atoms with Crippen LogP contribution >= 0.6 is 0 Å². The molecule has 0 N–H and O–H groups in total. The summed E-state index contributed by atoms with van der Waals surface area (Å²) in [6, 6.07) is 18.3. The summed E-state index contributed by atoms with van der Waals surface area (Å²) in [4.78, 5) is 60.6. The molecule has 0 fully saturated rings. The molecule has 0 saturated heterocycles. The van der Waals surface area contributed by atoms with E-state index in [1.807, 2.05) is 0 Å². The van der Waals surface area contributed by atoms with Crippen LogP contribution in [-0.2, 0) is 19.1 Å². The van der Waals surface area contributed by atoms with Gasteiger partial charge in [0, 0.05) is 18.2 Å². The number of amides is 2. The molecule has 4 rings (SSSR count). The van der Waals surface area contributed by atoms with Gasteiger partial charge in [0.05, 0.1) is 30.0 Å². The average molecular weight is 556 g/mol. The molecule has 1 heterocycles. The highest BCUT2D eigenvalue weighted by Crippen LogP contribution is 2.23. The van der Waals surface area contributed by atoms with Gasteiger partial charge >= 0.3 is 17.9 Å². The Morgan fingerprint density at radius 1 is 0.659 bits per heavy atom. The van der Waals surface area contributed by atoms with Gasteiger partial charge in [-0.3, -0.25) is 9.59 Å². The molecule has 10 heteroatoms. The summed E-state index contributed by atoms with van der Waals surface area (Å²) in [6.45, 7) is 4.05. The minimum Gasteiger partial charge on any atom is -0.494 e. The summed E-state index contributed by atoms with van der Waals surface area (Å²) >= 11 is 0. The summed E-state index contributed by atoms with van der Waals surface area (Å²) in [7, 11) is 0. The van der Waals surface area contributed by atoms with Crippen molar-refractivity contribution in [3.63, 3.8) is 0 Å². The van der Waals surface area contributed by atoms with Gasteiger partial charge in [-0.25, -0.2) is 19.3 Å². The van der Waals surface area contributed by atoms with Gasteiger partial charge in [0.15, 0.2) is 0 Å². The third-order valence-corrected chi connectivity index (χ3v) is 5.72. The zero-order chi connectivity index (χ0) is 29.2. The summed E-state index contributed by atoms with van der Waals surface area (Å²) in [5.41, 5.74) is 0.883. The molecule has 10 nitrogen and oxygen atoms in total. The van der Waals surface area contributed by atoms with Crippen molar-refractivity contribution in [1.29, 1.82) is 0 Å². The largest absolute Gasteiger partial charge is 0.494 e. The molecule has 1 aliphatic heterocycles. The molecular formula is C31H25NO9. The molecule has 0 unspecified atom stereocenters. The summed E-state index contributed by atoms with van der Waals surface area (Å²) in [5.74, 6) is -1.51. The topological polar surface area (TPSA) is 126 Å². The van der Waals surface area contributed by atoms with Gasteiger partial charge < -0.3 is 18.9 Å². The van der Waals surface area contributed by atoms with E-state index in [2.05, 4.69) is 6.58 Å². The first-order valence-electron chi connectivity index (χ1n) is 12.6. The molecule has 3 aromatic rings. The lowest BCUT2D eigenvalue weighted by molar-refractivity contribution is -0.137. The highest BCUT2D eigenvalue weighted by Gasteiger charge is 2.25. The monoisotopic (exact) mass is 555 g/mol. The van der Waals surface area contributed by atoms with E-state index in [-0.39, 0.29) is 17.1 Å². The van der Waals surface area contributed by atoms with Crippen molar-refractivity contribution < 1.29 is 42.9 Å². The maximum atomic E-state index is 12.5.